The molecule has 0 saturated carbocycles. The van der Waals surface area contributed by atoms with Crippen LogP contribution in [0.5, 0.6) is 0 Å². The monoisotopic (exact) mass is 578 g/mol. The summed E-state index contributed by atoms with van der Waals surface area (Å²) in [4.78, 5) is 52.8. The Kier molecular flexibility index (Phi) is 9.19. The summed E-state index contributed by atoms with van der Waals surface area (Å²) < 4.78 is 76.8. The summed E-state index contributed by atoms with van der Waals surface area (Å²) in [5.74, 6) is -1.44. The Bertz CT molecular complexity index is 1490. The lowest BCUT2D eigenvalue weighted by Gasteiger charge is -2.17. The quantitative estimate of drug-likeness (QED) is 0.319. The van der Waals surface area contributed by atoms with Crippen molar-refractivity contribution in [1.82, 2.24) is 14.9 Å². The zero-order chi connectivity index (χ0) is 28.6. The van der Waals surface area contributed by atoms with E-state index in [1.807, 2.05) is 0 Å². The van der Waals surface area contributed by atoms with Gasteiger partial charge >= 0.3 is 12.4 Å². The Hall–Kier alpha value is -3.91. The molecule has 0 unspecified atom stereocenters. The van der Waals surface area contributed by atoms with Gasteiger partial charge in [0.1, 0.15) is 0 Å². The average Bonchev–Trinajstić information content (AvgIpc) is 3.04. The van der Waals surface area contributed by atoms with E-state index in [0.717, 1.165) is 12.1 Å². The fraction of sp³-hybridized carbons (Fsp3) is 0.250. The molecule has 210 valence electrons. The molecule has 4 rings (SSSR count). The molecule has 0 fully saturated rings. The number of aromatic amines is 2. The summed E-state index contributed by atoms with van der Waals surface area (Å²) in [5.41, 5.74) is 0.553. The third kappa shape index (κ3) is 6.57. The third-order valence-electron chi connectivity index (χ3n) is 5.55. The number of fused-ring (bicyclic) bond motifs is 1. The Morgan fingerprint density at radius 1 is 0.744 bits per heavy atom. The molecule has 4 N–H and O–H groups in total. The lowest BCUT2D eigenvalue weighted by atomic mass is 10.1. The van der Waals surface area contributed by atoms with Crippen LogP contribution in [-0.4, -0.2) is 26.7 Å². The van der Waals surface area contributed by atoms with Gasteiger partial charge in [-0.15, -0.1) is 12.4 Å². The van der Waals surface area contributed by atoms with Crippen LogP contribution in [-0.2, 0) is 25.4 Å². The minimum absolute atomic E-state index is 0. The van der Waals surface area contributed by atoms with Crippen LogP contribution in [0.4, 0.5) is 26.3 Å². The zero-order valence-electron chi connectivity index (χ0n) is 20.2. The summed E-state index contributed by atoms with van der Waals surface area (Å²) in [6.45, 7) is 1.54. The third-order valence-corrected chi connectivity index (χ3v) is 5.55. The van der Waals surface area contributed by atoms with Crippen molar-refractivity contribution in [2.45, 2.75) is 39.3 Å². The first-order valence-electron chi connectivity index (χ1n) is 10.8. The smallest absolute Gasteiger partial charge is 0.326 e. The van der Waals surface area contributed by atoms with E-state index in [1.165, 1.54) is 26.0 Å². The molecule has 3 heterocycles. The Morgan fingerprint density at radius 3 is 1.51 bits per heavy atom. The Labute approximate surface area is 222 Å². The number of amides is 2. The molecule has 1 aromatic carbocycles. The minimum atomic E-state index is -4.77. The molecule has 2 aromatic heterocycles. The normalized spacial score (nSPS) is 13.0. The van der Waals surface area contributed by atoms with Crippen molar-refractivity contribution in [3.63, 3.8) is 0 Å². The standard InChI is InChI=1S/C16H11F3N2O3.C8H9F3N2O.ClH/c1-8-6-12(16(17,18)19)11(13(22)20-8)7-21-14(23)9-4-2-3-5-10(9)15(21)24;1-4-2-6(8(9,10)11)5(3-12)7(14)13-4;/h2-6H,7H2,1H3,(H,20,22);2H,3,12H2,1H3,(H,13,14);1H. The van der Waals surface area contributed by atoms with E-state index in [-0.39, 0.29) is 34.9 Å². The molecular weight excluding hydrogens is 558 g/mol. The van der Waals surface area contributed by atoms with Crippen molar-refractivity contribution in [2.24, 2.45) is 5.73 Å². The van der Waals surface area contributed by atoms with Crippen molar-refractivity contribution in [3.8, 4) is 0 Å². The highest BCUT2D eigenvalue weighted by atomic mass is 35.5. The fourth-order valence-corrected chi connectivity index (χ4v) is 3.84. The molecule has 1 aliphatic rings. The number of hydrogen-bond donors (Lipinski definition) is 3. The van der Waals surface area contributed by atoms with Crippen LogP contribution in [0.25, 0.3) is 0 Å². The molecule has 0 saturated heterocycles. The summed E-state index contributed by atoms with van der Waals surface area (Å²) in [7, 11) is 0. The van der Waals surface area contributed by atoms with E-state index in [2.05, 4.69) is 9.97 Å². The first kappa shape index (κ1) is 31.3. The number of halogens is 7. The van der Waals surface area contributed by atoms with Gasteiger partial charge in [-0.2, -0.15) is 26.3 Å². The van der Waals surface area contributed by atoms with E-state index in [9.17, 15) is 45.5 Å². The largest absolute Gasteiger partial charge is 0.417 e. The summed E-state index contributed by atoms with van der Waals surface area (Å²) >= 11 is 0. The van der Waals surface area contributed by atoms with Crippen molar-refractivity contribution in [1.29, 1.82) is 0 Å². The number of nitrogens with zero attached hydrogens (tertiary/aromatic N) is 1. The van der Waals surface area contributed by atoms with Gasteiger partial charge in [0.15, 0.2) is 0 Å². The fourth-order valence-electron chi connectivity index (χ4n) is 3.84. The maximum atomic E-state index is 13.2. The zero-order valence-corrected chi connectivity index (χ0v) is 21.0. The van der Waals surface area contributed by atoms with Gasteiger partial charge in [-0.1, -0.05) is 12.1 Å². The first-order valence-corrected chi connectivity index (χ1v) is 10.8. The number of aromatic nitrogens is 2. The van der Waals surface area contributed by atoms with Crippen LogP contribution in [0.15, 0.2) is 46.0 Å². The molecule has 15 heteroatoms. The van der Waals surface area contributed by atoms with E-state index in [4.69, 9.17) is 5.73 Å². The van der Waals surface area contributed by atoms with Crippen LogP contribution >= 0.6 is 12.4 Å². The predicted octanol–water partition coefficient (Wildman–Crippen LogP) is 4.08. The van der Waals surface area contributed by atoms with Gasteiger partial charge < -0.3 is 15.7 Å². The summed E-state index contributed by atoms with van der Waals surface area (Å²) in [5, 5.41) is 0. The van der Waals surface area contributed by atoms with Gasteiger partial charge in [-0.25, -0.2) is 0 Å². The first-order chi connectivity index (χ1) is 17.6. The highest BCUT2D eigenvalue weighted by Crippen LogP contribution is 2.33. The number of H-pyrrole nitrogens is 2. The van der Waals surface area contributed by atoms with Gasteiger partial charge in [0, 0.05) is 29.1 Å². The van der Waals surface area contributed by atoms with Gasteiger partial charge in [0.2, 0.25) is 0 Å². The van der Waals surface area contributed by atoms with Crippen LogP contribution in [0.2, 0.25) is 0 Å². The van der Waals surface area contributed by atoms with Crippen LogP contribution < -0.4 is 16.9 Å². The van der Waals surface area contributed by atoms with Gasteiger partial charge in [0.25, 0.3) is 22.9 Å². The van der Waals surface area contributed by atoms with Crippen LogP contribution in [0.1, 0.15) is 54.4 Å². The number of alkyl halides is 6. The van der Waals surface area contributed by atoms with Gasteiger partial charge in [-0.05, 0) is 38.1 Å². The number of aryl methyl sites for hydroxylation is 2. The van der Waals surface area contributed by atoms with Crippen LogP contribution in [0, 0.1) is 13.8 Å². The second kappa shape index (κ2) is 11.5. The topological polar surface area (TPSA) is 129 Å². The minimum Gasteiger partial charge on any atom is -0.326 e. The number of nitrogens with one attached hydrogen (secondary N) is 2. The molecule has 8 nitrogen and oxygen atoms in total. The second-order valence-corrected chi connectivity index (χ2v) is 8.29. The Balaban J connectivity index is 0.000000306. The van der Waals surface area contributed by atoms with Crippen molar-refractivity contribution < 1.29 is 35.9 Å². The molecule has 39 heavy (non-hydrogen) atoms. The number of nitrogens with two attached hydrogens (primary N) is 1. The molecule has 0 aliphatic carbocycles. The summed E-state index contributed by atoms with van der Waals surface area (Å²) in [6, 6.07) is 7.60. The van der Waals surface area contributed by atoms with Crippen molar-refractivity contribution in [3.05, 3.63) is 102 Å². The predicted molar refractivity (Wildman–Crippen MR) is 129 cm³/mol. The number of hydrogen-bond acceptors (Lipinski definition) is 5. The van der Waals surface area contributed by atoms with Crippen LogP contribution in [0.3, 0.4) is 0 Å². The molecular formula is C24H21ClF6N4O4. The maximum Gasteiger partial charge on any atom is 0.417 e. The molecule has 0 bridgehead atoms. The Morgan fingerprint density at radius 2 is 1.13 bits per heavy atom. The molecule has 0 atom stereocenters. The lowest BCUT2D eigenvalue weighted by molar-refractivity contribution is -0.139. The van der Waals surface area contributed by atoms with E-state index in [0.29, 0.717) is 4.90 Å². The number of rotatable bonds is 3. The van der Waals surface area contributed by atoms with Gasteiger partial charge in [-0.3, -0.25) is 24.1 Å². The SMILES string of the molecule is Cc1cc(C(F)(F)F)c(CN)c(=O)[nH]1.Cc1cc(C(F)(F)F)c(CN2C(=O)c3ccccc3C2=O)c(=O)[nH]1.Cl. The van der Waals surface area contributed by atoms with Gasteiger partial charge in [0.05, 0.1) is 28.8 Å². The molecule has 0 radical (unpaired) electrons. The number of imide groups is 1. The van der Waals surface area contributed by atoms with Crippen molar-refractivity contribution >= 4 is 24.2 Å². The van der Waals surface area contributed by atoms with E-state index < -0.39 is 70.6 Å². The molecule has 3 aromatic rings. The number of pyridine rings is 2. The highest BCUT2D eigenvalue weighted by molar-refractivity contribution is 6.21. The average molecular weight is 579 g/mol. The van der Waals surface area contributed by atoms with Crippen molar-refractivity contribution in [2.75, 3.05) is 0 Å². The summed E-state index contributed by atoms with van der Waals surface area (Å²) in [6.07, 6.45) is -9.30. The molecule has 1 aliphatic heterocycles. The number of carbonyl (C=O) groups is 2. The van der Waals surface area contributed by atoms with E-state index in [1.54, 1.807) is 12.1 Å². The second-order valence-electron chi connectivity index (χ2n) is 8.29. The molecule has 0 spiro atoms. The number of carbonyl (C=O) groups excluding carboxylic acids is 2. The number of benzene rings is 1. The molecule has 2 amide bonds. The highest BCUT2D eigenvalue weighted by Gasteiger charge is 2.40. The lowest BCUT2D eigenvalue weighted by Crippen LogP contribution is -2.34. The maximum absolute atomic E-state index is 13.2. The van der Waals surface area contributed by atoms with E-state index >= 15 is 0 Å².